The van der Waals surface area contributed by atoms with Crippen LogP contribution in [0.4, 0.5) is 11.1 Å². The number of thiazole rings is 1. The molecule has 162 valence electrons. The van der Waals surface area contributed by atoms with E-state index in [1.807, 2.05) is 6.92 Å². The van der Waals surface area contributed by atoms with Crippen molar-refractivity contribution in [2.24, 2.45) is 0 Å². The van der Waals surface area contributed by atoms with Crippen molar-refractivity contribution >= 4 is 28.3 Å². The molecule has 3 heterocycles. The summed E-state index contributed by atoms with van der Waals surface area (Å²) in [5.74, 6) is 1.37. The number of carbonyl (C=O) groups excluding carboxylic acids is 1. The summed E-state index contributed by atoms with van der Waals surface area (Å²) in [5.41, 5.74) is 6.35. The first-order chi connectivity index (χ1) is 14.9. The highest BCUT2D eigenvalue weighted by atomic mass is 32.1. The minimum Gasteiger partial charge on any atom is -0.424 e. The van der Waals surface area contributed by atoms with Crippen molar-refractivity contribution in [1.29, 1.82) is 0 Å². The SMILES string of the molecule is CC1COCCN1c1nc(Oc2ccc(C(=O)N(C)C)cc2)nc(-c2cnc(N)s2)n1. The molecule has 3 aromatic rings. The summed E-state index contributed by atoms with van der Waals surface area (Å²) < 4.78 is 11.4. The summed E-state index contributed by atoms with van der Waals surface area (Å²) >= 11 is 1.29. The number of anilines is 2. The molecule has 1 atom stereocenters. The fourth-order valence-corrected chi connectivity index (χ4v) is 3.69. The third kappa shape index (κ3) is 4.72. The van der Waals surface area contributed by atoms with E-state index in [9.17, 15) is 4.79 Å². The van der Waals surface area contributed by atoms with Crippen molar-refractivity contribution in [3.63, 3.8) is 0 Å². The molecule has 1 aliphatic heterocycles. The Kier molecular flexibility index (Phi) is 5.96. The molecule has 1 unspecified atom stereocenters. The molecule has 2 aromatic heterocycles. The number of aromatic nitrogens is 4. The summed E-state index contributed by atoms with van der Waals surface area (Å²) in [5, 5.41) is 0.431. The Morgan fingerprint density at radius 3 is 2.68 bits per heavy atom. The number of amides is 1. The maximum absolute atomic E-state index is 12.1. The van der Waals surface area contributed by atoms with Crippen LogP contribution in [0.3, 0.4) is 0 Å². The van der Waals surface area contributed by atoms with Gasteiger partial charge >= 0.3 is 6.01 Å². The molecule has 1 saturated heterocycles. The second kappa shape index (κ2) is 8.82. The van der Waals surface area contributed by atoms with Crippen molar-refractivity contribution in [3.05, 3.63) is 36.0 Å². The number of nitrogens with two attached hydrogens (primary N) is 1. The van der Waals surface area contributed by atoms with E-state index >= 15 is 0 Å². The number of nitrogens with zero attached hydrogens (tertiary/aromatic N) is 6. The lowest BCUT2D eigenvalue weighted by Gasteiger charge is -2.33. The number of benzene rings is 1. The van der Waals surface area contributed by atoms with Gasteiger partial charge in [-0.2, -0.15) is 15.0 Å². The predicted octanol–water partition coefficient (Wildman–Crippen LogP) is 2.30. The zero-order valence-electron chi connectivity index (χ0n) is 17.5. The highest BCUT2D eigenvalue weighted by Gasteiger charge is 2.24. The van der Waals surface area contributed by atoms with Crippen molar-refractivity contribution in [2.75, 3.05) is 44.5 Å². The van der Waals surface area contributed by atoms with Gasteiger partial charge in [0.05, 0.1) is 30.3 Å². The van der Waals surface area contributed by atoms with Crippen LogP contribution in [-0.4, -0.2) is 70.6 Å². The van der Waals surface area contributed by atoms with Gasteiger partial charge < -0.3 is 25.0 Å². The van der Waals surface area contributed by atoms with Gasteiger partial charge in [0.25, 0.3) is 5.91 Å². The molecular formula is C20H23N7O3S. The van der Waals surface area contributed by atoms with Crippen molar-refractivity contribution in [1.82, 2.24) is 24.8 Å². The monoisotopic (exact) mass is 441 g/mol. The Balaban J connectivity index is 1.66. The molecule has 0 saturated carbocycles. The second-order valence-corrected chi connectivity index (χ2v) is 8.31. The van der Waals surface area contributed by atoms with E-state index in [2.05, 4.69) is 24.8 Å². The Labute approximate surface area is 183 Å². The molecular weight excluding hydrogens is 418 g/mol. The van der Waals surface area contributed by atoms with Crippen molar-refractivity contribution in [3.8, 4) is 22.5 Å². The van der Waals surface area contributed by atoms with E-state index in [1.54, 1.807) is 44.6 Å². The highest BCUT2D eigenvalue weighted by Crippen LogP contribution is 2.29. The average Bonchev–Trinajstić information content (AvgIpc) is 3.20. The molecule has 0 aliphatic carbocycles. The Morgan fingerprint density at radius 1 is 1.26 bits per heavy atom. The van der Waals surface area contributed by atoms with Crippen LogP contribution in [0.2, 0.25) is 0 Å². The van der Waals surface area contributed by atoms with E-state index in [-0.39, 0.29) is 18.0 Å². The van der Waals surface area contributed by atoms with Gasteiger partial charge in [-0.05, 0) is 31.2 Å². The van der Waals surface area contributed by atoms with Crippen LogP contribution in [0.15, 0.2) is 30.5 Å². The van der Waals surface area contributed by atoms with E-state index in [0.717, 1.165) is 4.88 Å². The number of hydrogen-bond acceptors (Lipinski definition) is 10. The quantitative estimate of drug-likeness (QED) is 0.636. The van der Waals surface area contributed by atoms with E-state index < -0.39 is 0 Å². The molecule has 1 aliphatic rings. The van der Waals surface area contributed by atoms with E-state index in [0.29, 0.717) is 48.0 Å². The molecule has 11 heteroatoms. The fraction of sp³-hybridized carbons (Fsp3) is 0.350. The predicted molar refractivity (Wildman–Crippen MR) is 118 cm³/mol. The summed E-state index contributed by atoms with van der Waals surface area (Å²) in [4.78, 5) is 34.1. The zero-order chi connectivity index (χ0) is 22.0. The maximum atomic E-state index is 12.1. The third-order valence-electron chi connectivity index (χ3n) is 4.69. The number of carbonyl (C=O) groups is 1. The smallest absolute Gasteiger partial charge is 0.327 e. The molecule has 31 heavy (non-hydrogen) atoms. The minimum atomic E-state index is -0.0830. The Hall–Kier alpha value is -3.31. The van der Waals surface area contributed by atoms with Crippen molar-refractivity contribution in [2.45, 2.75) is 13.0 Å². The molecule has 4 rings (SSSR count). The minimum absolute atomic E-state index is 0.0830. The molecule has 0 radical (unpaired) electrons. The largest absolute Gasteiger partial charge is 0.424 e. The van der Waals surface area contributed by atoms with Gasteiger partial charge in [-0.25, -0.2) is 4.98 Å². The Bertz CT molecular complexity index is 1070. The first-order valence-electron chi connectivity index (χ1n) is 9.72. The first kappa shape index (κ1) is 20.9. The summed E-state index contributed by atoms with van der Waals surface area (Å²) in [6, 6.07) is 7.09. The van der Waals surface area contributed by atoms with E-state index in [4.69, 9.17) is 15.2 Å². The van der Waals surface area contributed by atoms with Crippen LogP contribution >= 0.6 is 11.3 Å². The molecule has 0 bridgehead atoms. The topological polar surface area (TPSA) is 120 Å². The number of morpholine rings is 1. The lowest BCUT2D eigenvalue weighted by atomic mass is 10.2. The van der Waals surface area contributed by atoms with Gasteiger partial charge in [-0.15, -0.1) is 0 Å². The molecule has 0 spiro atoms. The number of ether oxygens (including phenoxy) is 2. The van der Waals surface area contributed by atoms with Gasteiger partial charge in [-0.1, -0.05) is 11.3 Å². The Morgan fingerprint density at radius 2 is 2.03 bits per heavy atom. The zero-order valence-corrected chi connectivity index (χ0v) is 18.3. The second-order valence-electron chi connectivity index (χ2n) is 7.25. The first-order valence-corrected chi connectivity index (χ1v) is 10.5. The lowest BCUT2D eigenvalue weighted by molar-refractivity contribution is 0.0827. The number of hydrogen-bond donors (Lipinski definition) is 1. The number of rotatable bonds is 5. The summed E-state index contributed by atoms with van der Waals surface area (Å²) in [6.45, 7) is 3.90. The highest BCUT2D eigenvalue weighted by molar-refractivity contribution is 7.18. The molecule has 1 amide bonds. The molecule has 10 nitrogen and oxygen atoms in total. The van der Waals surface area contributed by atoms with E-state index in [1.165, 1.54) is 16.2 Å². The van der Waals surface area contributed by atoms with Gasteiger partial charge in [0.1, 0.15) is 5.75 Å². The van der Waals surface area contributed by atoms with Crippen LogP contribution in [-0.2, 0) is 4.74 Å². The summed E-state index contributed by atoms with van der Waals surface area (Å²) in [7, 11) is 3.42. The average molecular weight is 442 g/mol. The summed E-state index contributed by atoms with van der Waals surface area (Å²) in [6.07, 6.45) is 1.63. The maximum Gasteiger partial charge on any atom is 0.327 e. The lowest BCUT2D eigenvalue weighted by Crippen LogP contribution is -2.44. The fourth-order valence-electron chi connectivity index (χ4n) is 3.07. The third-order valence-corrected chi connectivity index (χ3v) is 5.51. The molecule has 1 aromatic carbocycles. The number of nitrogen functional groups attached to an aromatic ring is 1. The molecule has 2 N–H and O–H groups in total. The van der Waals surface area contributed by atoms with Crippen LogP contribution < -0.4 is 15.4 Å². The van der Waals surface area contributed by atoms with Gasteiger partial charge in [0.2, 0.25) is 5.95 Å². The normalized spacial score (nSPS) is 16.2. The van der Waals surface area contributed by atoms with Crippen molar-refractivity contribution < 1.29 is 14.3 Å². The van der Waals surface area contributed by atoms with Gasteiger partial charge in [0, 0.05) is 26.2 Å². The van der Waals surface area contributed by atoms with Gasteiger partial charge in [-0.3, -0.25) is 4.79 Å². The van der Waals surface area contributed by atoms with Crippen LogP contribution in [0.5, 0.6) is 11.8 Å². The van der Waals surface area contributed by atoms with Crippen LogP contribution in [0, 0.1) is 0 Å². The standard InChI is InChI=1S/C20H23N7O3S/c1-12-11-29-9-8-27(12)19-23-16(15-10-22-18(21)31-15)24-20(25-19)30-14-6-4-13(5-7-14)17(28)26(2)3/h4-7,10,12H,8-9,11H2,1-3H3,(H2,21,22). The van der Waals surface area contributed by atoms with Crippen LogP contribution in [0.1, 0.15) is 17.3 Å². The van der Waals surface area contributed by atoms with Crippen LogP contribution in [0.25, 0.3) is 10.7 Å². The van der Waals surface area contributed by atoms with Gasteiger partial charge in [0.15, 0.2) is 11.0 Å². The molecule has 1 fully saturated rings.